The Bertz CT molecular complexity index is 599. The van der Waals surface area contributed by atoms with E-state index in [0.29, 0.717) is 5.69 Å². The number of hydrogen-bond acceptors (Lipinski definition) is 3. The predicted octanol–water partition coefficient (Wildman–Crippen LogP) is 3.29. The molecule has 118 valence electrons. The molecule has 9 heteroatoms. The normalized spacial score (nSPS) is 18.2. The van der Waals surface area contributed by atoms with Crippen molar-refractivity contribution in [2.75, 3.05) is 24.6 Å². The second-order valence-corrected chi connectivity index (χ2v) is 4.86. The van der Waals surface area contributed by atoms with E-state index in [4.69, 9.17) is 10.3 Å². The second kappa shape index (κ2) is 6.57. The van der Waals surface area contributed by atoms with E-state index < -0.39 is 12.8 Å². The van der Waals surface area contributed by atoms with Crippen LogP contribution in [0.15, 0.2) is 29.4 Å². The molecular formula is C13H13F3N4O2. The number of hydrogen-bond donors (Lipinski definition) is 0. The molecule has 0 N–H and O–H groups in total. The van der Waals surface area contributed by atoms with Gasteiger partial charge >= 0.3 is 6.18 Å². The van der Waals surface area contributed by atoms with Crippen LogP contribution in [0, 0.1) is 5.92 Å². The van der Waals surface area contributed by atoms with Crippen molar-refractivity contribution in [3.05, 3.63) is 34.7 Å². The topological polar surface area (TPSA) is 78.3 Å². The van der Waals surface area contributed by atoms with Crippen LogP contribution >= 0.6 is 0 Å². The van der Waals surface area contributed by atoms with E-state index in [1.54, 1.807) is 6.07 Å². The maximum Gasteiger partial charge on any atom is 0.422 e. The van der Waals surface area contributed by atoms with Crippen LogP contribution in [0.2, 0.25) is 0 Å². The van der Waals surface area contributed by atoms with Crippen molar-refractivity contribution in [1.82, 2.24) is 0 Å². The average Bonchev–Trinajstić information content (AvgIpc) is 2.83. The third-order valence-electron chi connectivity index (χ3n) is 3.16. The van der Waals surface area contributed by atoms with Gasteiger partial charge < -0.3 is 9.64 Å². The number of benzene rings is 1. The third-order valence-corrected chi connectivity index (χ3v) is 3.16. The van der Waals surface area contributed by atoms with Gasteiger partial charge in [-0.2, -0.15) is 13.2 Å². The van der Waals surface area contributed by atoms with Crippen molar-refractivity contribution < 1.29 is 22.7 Å². The Morgan fingerprint density at radius 2 is 2.14 bits per heavy atom. The van der Waals surface area contributed by atoms with Gasteiger partial charge in [-0.15, -0.1) is 0 Å². The number of ether oxygens (including phenoxy) is 1. The standard InChI is InChI=1S/C13H13F3N4O2/c14-13(15,16)8-22-11-4-2-1-3-10(11)20-7-9(5-12(20)21)6-18-19-17/h1-4,9H,5-8H2. The van der Waals surface area contributed by atoms with Gasteiger partial charge in [0.1, 0.15) is 5.75 Å². The van der Waals surface area contributed by atoms with Crippen molar-refractivity contribution in [2.24, 2.45) is 11.0 Å². The summed E-state index contributed by atoms with van der Waals surface area (Å²) in [6, 6.07) is 6.06. The number of nitrogens with zero attached hydrogens (tertiary/aromatic N) is 4. The van der Waals surface area contributed by atoms with Crippen LogP contribution in [0.1, 0.15) is 6.42 Å². The molecule has 1 fully saturated rings. The zero-order valence-corrected chi connectivity index (χ0v) is 11.5. The molecule has 1 atom stereocenters. The molecule has 1 aromatic carbocycles. The first-order valence-electron chi connectivity index (χ1n) is 6.50. The van der Waals surface area contributed by atoms with E-state index >= 15 is 0 Å². The molecule has 22 heavy (non-hydrogen) atoms. The number of rotatable bonds is 5. The van der Waals surface area contributed by atoms with E-state index in [9.17, 15) is 18.0 Å². The summed E-state index contributed by atoms with van der Waals surface area (Å²) in [5.74, 6) is -0.391. The van der Waals surface area contributed by atoms with Crippen LogP contribution in [0.4, 0.5) is 18.9 Å². The fourth-order valence-corrected chi connectivity index (χ4v) is 2.25. The van der Waals surface area contributed by atoms with Crippen LogP contribution in [-0.4, -0.2) is 31.8 Å². The number of carbonyl (C=O) groups excluding carboxylic acids is 1. The zero-order chi connectivity index (χ0) is 16.2. The highest BCUT2D eigenvalue weighted by Gasteiger charge is 2.33. The highest BCUT2D eigenvalue weighted by Crippen LogP contribution is 2.34. The molecule has 1 amide bonds. The number of alkyl halides is 3. The van der Waals surface area contributed by atoms with E-state index in [2.05, 4.69) is 10.0 Å². The Balaban J connectivity index is 2.15. The molecule has 6 nitrogen and oxygen atoms in total. The van der Waals surface area contributed by atoms with E-state index in [1.165, 1.54) is 23.1 Å². The van der Waals surface area contributed by atoms with Crippen LogP contribution < -0.4 is 9.64 Å². The number of carbonyl (C=O) groups is 1. The molecule has 0 aromatic heterocycles. The zero-order valence-electron chi connectivity index (χ0n) is 11.5. The van der Waals surface area contributed by atoms with Crippen molar-refractivity contribution in [3.8, 4) is 5.75 Å². The Hall–Kier alpha value is -2.41. The smallest absolute Gasteiger partial charge is 0.422 e. The molecule has 1 aromatic rings. The van der Waals surface area contributed by atoms with Crippen LogP contribution in [-0.2, 0) is 4.79 Å². The van der Waals surface area contributed by atoms with Gasteiger partial charge in [0.25, 0.3) is 0 Å². The van der Waals surface area contributed by atoms with E-state index in [0.717, 1.165) is 0 Å². The molecule has 0 spiro atoms. The summed E-state index contributed by atoms with van der Waals surface area (Å²) in [5, 5.41) is 3.43. The lowest BCUT2D eigenvalue weighted by Crippen LogP contribution is -2.26. The molecule has 0 radical (unpaired) electrons. The van der Waals surface area contributed by atoms with Gasteiger partial charge in [-0.05, 0) is 23.6 Å². The molecule has 0 saturated carbocycles. The van der Waals surface area contributed by atoms with E-state index in [-0.39, 0.29) is 37.1 Å². The number of azide groups is 1. The number of para-hydroxylation sites is 2. The van der Waals surface area contributed by atoms with Crippen molar-refractivity contribution >= 4 is 11.6 Å². The monoisotopic (exact) mass is 314 g/mol. The highest BCUT2D eigenvalue weighted by molar-refractivity contribution is 5.97. The molecule has 1 unspecified atom stereocenters. The summed E-state index contributed by atoms with van der Waals surface area (Å²) in [6.07, 6.45) is -4.27. The van der Waals surface area contributed by atoms with Gasteiger partial charge in [0, 0.05) is 24.4 Å². The maximum atomic E-state index is 12.3. The third kappa shape index (κ3) is 4.05. The summed E-state index contributed by atoms with van der Waals surface area (Å²) < 4.78 is 41.6. The molecule has 1 saturated heterocycles. The second-order valence-electron chi connectivity index (χ2n) is 4.86. The minimum atomic E-state index is -4.45. The van der Waals surface area contributed by atoms with Crippen molar-refractivity contribution in [3.63, 3.8) is 0 Å². The summed E-state index contributed by atoms with van der Waals surface area (Å²) in [7, 11) is 0. The number of anilines is 1. The molecule has 1 aliphatic rings. The Labute approximate surface area is 124 Å². The van der Waals surface area contributed by atoms with Gasteiger partial charge in [0.05, 0.1) is 5.69 Å². The maximum absolute atomic E-state index is 12.3. The summed E-state index contributed by atoms with van der Waals surface area (Å²) in [5.41, 5.74) is 8.59. The lowest BCUT2D eigenvalue weighted by molar-refractivity contribution is -0.153. The molecule has 2 rings (SSSR count). The Kier molecular flexibility index (Phi) is 4.77. The molecule has 0 bridgehead atoms. The quantitative estimate of drug-likeness (QED) is 0.475. The first-order valence-corrected chi connectivity index (χ1v) is 6.50. The molecule has 1 heterocycles. The Morgan fingerprint density at radius 3 is 2.82 bits per heavy atom. The lowest BCUT2D eigenvalue weighted by atomic mass is 10.1. The Morgan fingerprint density at radius 1 is 1.41 bits per heavy atom. The molecule has 0 aliphatic carbocycles. The van der Waals surface area contributed by atoms with Crippen LogP contribution in [0.25, 0.3) is 10.4 Å². The highest BCUT2D eigenvalue weighted by atomic mass is 19.4. The predicted molar refractivity (Wildman–Crippen MR) is 72.5 cm³/mol. The van der Waals surface area contributed by atoms with Gasteiger partial charge in [-0.3, -0.25) is 4.79 Å². The lowest BCUT2D eigenvalue weighted by Gasteiger charge is -2.20. The minimum Gasteiger partial charge on any atom is -0.482 e. The number of halogens is 3. The van der Waals surface area contributed by atoms with Gasteiger partial charge in [0.2, 0.25) is 5.91 Å². The van der Waals surface area contributed by atoms with Gasteiger partial charge in [0.15, 0.2) is 6.61 Å². The largest absolute Gasteiger partial charge is 0.482 e. The SMILES string of the molecule is [N-]=[N+]=NCC1CC(=O)N(c2ccccc2OCC(F)(F)F)C1. The van der Waals surface area contributed by atoms with Gasteiger partial charge in [-0.1, -0.05) is 17.2 Å². The van der Waals surface area contributed by atoms with Crippen LogP contribution in [0.5, 0.6) is 5.75 Å². The molecule has 1 aliphatic heterocycles. The fraction of sp³-hybridized carbons (Fsp3) is 0.462. The summed E-state index contributed by atoms with van der Waals surface area (Å²) in [4.78, 5) is 16.0. The van der Waals surface area contributed by atoms with Gasteiger partial charge in [-0.25, -0.2) is 0 Å². The summed E-state index contributed by atoms with van der Waals surface area (Å²) in [6.45, 7) is -0.969. The summed E-state index contributed by atoms with van der Waals surface area (Å²) >= 11 is 0. The molecular weight excluding hydrogens is 301 g/mol. The minimum absolute atomic E-state index is 0.00221. The van der Waals surface area contributed by atoms with E-state index in [1.807, 2.05) is 0 Å². The first-order chi connectivity index (χ1) is 10.4. The van der Waals surface area contributed by atoms with Crippen molar-refractivity contribution in [2.45, 2.75) is 12.6 Å². The number of amides is 1. The van der Waals surface area contributed by atoms with Crippen LogP contribution in [0.3, 0.4) is 0 Å². The van der Waals surface area contributed by atoms with Crippen molar-refractivity contribution in [1.29, 1.82) is 0 Å². The average molecular weight is 314 g/mol. The fourth-order valence-electron chi connectivity index (χ4n) is 2.25. The first kappa shape index (κ1) is 16.0.